The van der Waals surface area contributed by atoms with Crippen LogP contribution in [0.3, 0.4) is 0 Å². The predicted octanol–water partition coefficient (Wildman–Crippen LogP) is 1.32. The molecule has 5 aromatic rings. The van der Waals surface area contributed by atoms with Gasteiger partial charge in [0, 0.05) is 68.2 Å². The SMILES string of the molecule is CCn1c2c(c3ccccc31)=CC1=[NH+]c3c(Cl)c4c(c(Cl)c3OC1C=2)[NH+]=C1C=c2c(n(CC)c3ccccc23)=CC1O4. The summed E-state index contributed by atoms with van der Waals surface area (Å²) in [5.74, 6) is 1.03. The maximum absolute atomic E-state index is 7.08. The van der Waals surface area contributed by atoms with Crippen LogP contribution in [-0.4, -0.2) is 32.8 Å². The number of rotatable bonds is 2. The van der Waals surface area contributed by atoms with Crippen molar-refractivity contribution in [1.29, 1.82) is 0 Å². The fourth-order valence-electron chi connectivity index (χ4n) is 7.03. The van der Waals surface area contributed by atoms with E-state index in [4.69, 9.17) is 32.7 Å². The van der Waals surface area contributed by atoms with Crippen molar-refractivity contribution in [2.24, 2.45) is 0 Å². The number of fused-ring (bicyclic) bond motifs is 10. The number of nitrogens with zero attached hydrogens (tertiary/aromatic N) is 2. The molecule has 2 aliphatic heterocycles. The molecule has 0 radical (unpaired) electrons. The number of nitrogens with one attached hydrogen (secondary N) is 2. The third-order valence-electron chi connectivity index (χ3n) is 8.89. The summed E-state index contributed by atoms with van der Waals surface area (Å²) in [6, 6.07) is 17.0. The van der Waals surface area contributed by atoms with Crippen LogP contribution in [0.2, 0.25) is 10.0 Å². The van der Waals surface area contributed by atoms with Crippen molar-refractivity contribution in [1.82, 2.24) is 9.13 Å². The summed E-state index contributed by atoms with van der Waals surface area (Å²) in [6.07, 6.45) is 8.01. The molecule has 4 aliphatic rings. The Morgan fingerprint density at radius 2 is 1.10 bits per heavy atom. The van der Waals surface area contributed by atoms with E-state index in [0.29, 0.717) is 32.9 Å². The molecule has 0 bridgehead atoms. The van der Waals surface area contributed by atoms with Crippen LogP contribution in [0.4, 0.5) is 11.4 Å². The summed E-state index contributed by atoms with van der Waals surface area (Å²) in [4.78, 5) is 7.11. The molecule has 9 rings (SSSR count). The zero-order chi connectivity index (χ0) is 28.3. The minimum absolute atomic E-state index is 0.326. The highest BCUT2D eigenvalue weighted by Gasteiger charge is 2.42. The van der Waals surface area contributed by atoms with Gasteiger partial charge in [0.1, 0.15) is 0 Å². The topological polar surface area (TPSA) is 56.3 Å². The molecule has 4 heterocycles. The molecular weight excluding hydrogens is 567 g/mol. The average Bonchev–Trinajstić information content (AvgIpc) is 3.50. The highest BCUT2D eigenvalue weighted by atomic mass is 35.5. The first-order valence-electron chi connectivity index (χ1n) is 14.3. The van der Waals surface area contributed by atoms with Gasteiger partial charge in [-0.05, 0) is 38.1 Å². The molecule has 6 nitrogen and oxygen atoms in total. The van der Waals surface area contributed by atoms with E-state index in [-0.39, 0.29) is 12.2 Å². The van der Waals surface area contributed by atoms with Crippen LogP contribution in [0.5, 0.6) is 11.5 Å². The molecular formula is C34H26Cl2N4O2+2. The van der Waals surface area contributed by atoms with Gasteiger partial charge >= 0.3 is 0 Å². The van der Waals surface area contributed by atoms with Crippen molar-refractivity contribution >= 4 is 92.1 Å². The fraction of sp³-hybridized carbons (Fsp3) is 0.176. The van der Waals surface area contributed by atoms with Gasteiger partial charge in [0.25, 0.3) is 11.4 Å². The second-order valence-electron chi connectivity index (χ2n) is 11.0. The van der Waals surface area contributed by atoms with Gasteiger partial charge in [0.2, 0.25) is 35.1 Å². The number of aromatic nitrogens is 2. The predicted molar refractivity (Wildman–Crippen MR) is 168 cm³/mol. The molecule has 42 heavy (non-hydrogen) atoms. The van der Waals surface area contributed by atoms with E-state index in [0.717, 1.165) is 35.2 Å². The van der Waals surface area contributed by atoms with E-state index >= 15 is 0 Å². The fourth-order valence-corrected chi connectivity index (χ4v) is 7.57. The second-order valence-corrected chi connectivity index (χ2v) is 11.8. The Labute approximate surface area is 250 Å². The molecule has 2 aliphatic carbocycles. The number of hydrogen-bond donors (Lipinski definition) is 2. The third-order valence-corrected chi connectivity index (χ3v) is 9.61. The van der Waals surface area contributed by atoms with Gasteiger partial charge in [0.15, 0.2) is 10.0 Å². The first-order valence-corrected chi connectivity index (χ1v) is 15.1. The van der Waals surface area contributed by atoms with Crippen molar-refractivity contribution in [3.05, 3.63) is 79.7 Å². The van der Waals surface area contributed by atoms with Crippen molar-refractivity contribution in [3.8, 4) is 11.5 Å². The monoisotopic (exact) mass is 592 g/mol. The van der Waals surface area contributed by atoms with Crippen molar-refractivity contribution in [3.63, 3.8) is 0 Å². The summed E-state index contributed by atoms with van der Waals surface area (Å²) in [5.41, 5.74) is 5.47. The minimum atomic E-state index is -0.326. The van der Waals surface area contributed by atoms with E-state index in [1.165, 1.54) is 32.2 Å². The van der Waals surface area contributed by atoms with Crippen molar-refractivity contribution < 1.29 is 19.5 Å². The van der Waals surface area contributed by atoms with Crippen LogP contribution < -0.4 is 40.6 Å². The third kappa shape index (κ3) is 3.11. The summed E-state index contributed by atoms with van der Waals surface area (Å²) < 4.78 is 17.8. The molecule has 0 fully saturated rings. The van der Waals surface area contributed by atoms with Gasteiger partial charge in [0.05, 0.1) is 0 Å². The Kier molecular flexibility index (Phi) is 5.00. The number of halogens is 2. The number of hydrogen-bond acceptors (Lipinski definition) is 2. The maximum Gasteiger partial charge on any atom is 0.271 e. The molecule has 2 unspecified atom stereocenters. The first-order chi connectivity index (χ1) is 20.6. The van der Waals surface area contributed by atoms with Gasteiger partial charge in [-0.3, -0.25) is 0 Å². The van der Waals surface area contributed by atoms with Crippen LogP contribution in [0.15, 0.2) is 48.5 Å². The van der Waals surface area contributed by atoms with Gasteiger partial charge < -0.3 is 18.6 Å². The Morgan fingerprint density at radius 1 is 0.667 bits per heavy atom. The standard InChI is InChI=1S/C34H24Cl2N4O2/c1-3-39-23-11-7-5-9-17(23)19-13-21-27(15-25(19)39)41-33-29(35)32-34(30(36)31(33)37-21)42-28-16-26-20(14-22(28)38-32)18-10-6-8-12-24(18)40(26)4-2/h5-16,27-28H,3-4H2,1-2H3/p+2. The Morgan fingerprint density at radius 3 is 1.52 bits per heavy atom. The van der Waals surface area contributed by atoms with Gasteiger partial charge in [-0.25, -0.2) is 9.98 Å². The highest BCUT2D eigenvalue weighted by Crippen LogP contribution is 2.49. The minimum Gasteiger partial charge on any atom is -0.467 e. The molecule has 206 valence electrons. The van der Waals surface area contributed by atoms with E-state index in [1.807, 2.05) is 0 Å². The lowest BCUT2D eigenvalue weighted by molar-refractivity contribution is -0.367. The Bertz CT molecular complexity index is 2210. The number of para-hydroxylation sites is 2. The quantitative estimate of drug-likeness (QED) is 0.325. The van der Waals surface area contributed by atoms with E-state index < -0.39 is 0 Å². The second kappa shape index (κ2) is 8.63. The molecule has 0 spiro atoms. The molecule has 0 amide bonds. The average molecular weight is 594 g/mol. The lowest BCUT2D eigenvalue weighted by atomic mass is 10.0. The molecule has 2 atom stereocenters. The maximum atomic E-state index is 7.08. The van der Waals surface area contributed by atoms with Crippen LogP contribution in [0.25, 0.3) is 46.1 Å². The largest absolute Gasteiger partial charge is 0.467 e. The highest BCUT2D eigenvalue weighted by molar-refractivity contribution is 6.40. The van der Waals surface area contributed by atoms with Crippen LogP contribution in [0.1, 0.15) is 13.8 Å². The zero-order valence-electron chi connectivity index (χ0n) is 23.0. The lowest BCUT2D eigenvalue weighted by Gasteiger charge is -2.25. The molecule has 2 N–H and O–H groups in total. The first kappa shape index (κ1) is 24.3. The smallest absolute Gasteiger partial charge is 0.271 e. The van der Waals surface area contributed by atoms with Crippen LogP contribution >= 0.6 is 23.2 Å². The van der Waals surface area contributed by atoms with E-state index in [2.05, 4.69) is 106 Å². The van der Waals surface area contributed by atoms with Gasteiger partial charge in [-0.15, -0.1) is 0 Å². The summed E-state index contributed by atoms with van der Waals surface area (Å²) in [5, 5.41) is 7.93. The number of ether oxygens (including phenoxy) is 2. The number of aryl methyl sites for hydroxylation is 2. The van der Waals surface area contributed by atoms with Crippen LogP contribution in [-0.2, 0) is 13.1 Å². The van der Waals surface area contributed by atoms with Gasteiger partial charge in [-0.2, -0.15) is 0 Å². The van der Waals surface area contributed by atoms with Gasteiger partial charge in [-0.1, -0.05) is 59.6 Å². The normalized spacial score (nSPS) is 19.1. The summed E-state index contributed by atoms with van der Waals surface area (Å²) >= 11 is 14.2. The Balaban J connectivity index is 1.23. The van der Waals surface area contributed by atoms with E-state index in [9.17, 15) is 0 Å². The zero-order valence-corrected chi connectivity index (χ0v) is 24.5. The van der Waals surface area contributed by atoms with Crippen molar-refractivity contribution in [2.75, 3.05) is 0 Å². The van der Waals surface area contributed by atoms with Crippen molar-refractivity contribution in [2.45, 2.75) is 39.1 Å². The Hall–Kier alpha value is -4.26. The summed E-state index contributed by atoms with van der Waals surface area (Å²) in [7, 11) is 0. The number of benzene rings is 3. The molecule has 0 saturated heterocycles. The summed E-state index contributed by atoms with van der Waals surface area (Å²) in [6.45, 7) is 6.05. The lowest BCUT2D eigenvalue weighted by Crippen LogP contribution is -2.74. The van der Waals surface area contributed by atoms with E-state index in [1.54, 1.807) is 0 Å². The molecule has 0 saturated carbocycles. The molecule has 3 aromatic carbocycles. The molecule has 8 heteroatoms. The molecule has 2 aromatic heterocycles. The van der Waals surface area contributed by atoms with Crippen LogP contribution in [0, 0.1) is 0 Å².